The molecule has 2 aromatic carbocycles. The molecule has 52 heavy (non-hydrogen) atoms. The molecular weight excluding hydrogens is 680 g/mol. The molecule has 0 aliphatic heterocycles. The number of nitrogens with one attached hydrogen (secondary N) is 6. The lowest BCUT2D eigenvalue weighted by molar-refractivity contribution is -0.132. The quantitative estimate of drug-likeness (QED) is 0.0843. The second-order valence-electron chi connectivity index (χ2n) is 12.3. The second-order valence-corrected chi connectivity index (χ2v) is 12.3. The van der Waals surface area contributed by atoms with E-state index in [1.54, 1.807) is 0 Å². The smallest absolute Gasteiger partial charge is 0.243 e. The lowest BCUT2D eigenvalue weighted by atomic mass is 9.94. The maximum Gasteiger partial charge on any atom is 0.243 e. The van der Waals surface area contributed by atoms with Gasteiger partial charge < -0.3 is 53.6 Å². The van der Waals surface area contributed by atoms with Crippen molar-refractivity contribution >= 4 is 47.3 Å². The first-order valence-electron chi connectivity index (χ1n) is 16.2. The number of hydrogen-bond acceptors (Lipinski definition) is 10. The van der Waals surface area contributed by atoms with Gasteiger partial charge in [-0.15, -0.1) is 0 Å². The summed E-state index contributed by atoms with van der Waals surface area (Å²) >= 11 is 0. The zero-order chi connectivity index (χ0) is 39.4. The Kier molecular flexibility index (Phi) is 15.1. The molecule has 2 aromatic rings. The van der Waals surface area contributed by atoms with Crippen molar-refractivity contribution in [3.05, 3.63) is 47.5 Å². The Hall–Kier alpha value is -6.20. The minimum atomic E-state index is -1.18. The molecule has 0 aromatic heterocycles. The lowest BCUT2D eigenvalue weighted by Crippen LogP contribution is -2.55. The molecule has 0 saturated heterocycles. The van der Waals surface area contributed by atoms with Gasteiger partial charge in [0.05, 0.1) is 0 Å². The van der Waals surface area contributed by atoms with Crippen molar-refractivity contribution in [3.63, 3.8) is 0 Å². The first kappa shape index (κ1) is 42.0. The summed E-state index contributed by atoms with van der Waals surface area (Å²) < 4.78 is 0. The van der Waals surface area contributed by atoms with Gasteiger partial charge in [-0.2, -0.15) is 0 Å². The van der Waals surface area contributed by atoms with Gasteiger partial charge in [-0.05, 0) is 63.1 Å². The van der Waals surface area contributed by atoms with Crippen LogP contribution < -0.4 is 43.4 Å². The van der Waals surface area contributed by atoms with Gasteiger partial charge in [-0.1, -0.05) is 12.1 Å². The average Bonchev–Trinajstić information content (AvgIpc) is 3.04. The number of hydrogen-bond donors (Lipinski definition) is 10. The highest BCUT2D eigenvalue weighted by Gasteiger charge is 2.28. The van der Waals surface area contributed by atoms with Crippen LogP contribution in [0.5, 0.6) is 11.5 Å². The average molecular weight is 727 g/mol. The molecule has 0 aliphatic carbocycles. The Balaban J connectivity index is 2.34. The van der Waals surface area contributed by atoms with Gasteiger partial charge in [0, 0.05) is 37.8 Å². The number of benzene rings is 2. The molecule has 282 valence electrons. The van der Waals surface area contributed by atoms with Crippen molar-refractivity contribution < 1.29 is 48.6 Å². The van der Waals surface area contributed by atoms with Crippen molar-refractivity contribution in [3.8, 4) is 22.6 Å². The van der Waals surface area contributed by atoms with E-state index in [0.717, 1.165) is 0 Å². The monoisotopic (exact) mass is 726 g/mol. The number of nitrogens with two attached hydrogens (primary N) is 2. The molecule has 0 unspecified atom stereocenters. The lowest BCUT2D eigenvalue weighted by Gasteiger charge is -2.22. The largest absolute Gasteiger partial charge is 0.507 e. The zero-order valence-corrected chi connectivity index (χ0v) is 29.7. The number of phenolic OH excluding ortho intramolecular Hbond substituents is 2. The van der Waals surface area contributed by atoms with Crippen LogP contribution >= 0.6 is 0 Å². The Morgan fingerprint density at radius 2 is 0.827 bits per heavy atom. The molecule has 0 radical (unpaired) electrons. The molecular formula is C34H46N8O10. The highest BCUT2D eigenvalue weighted by Crippen LogP contribution is 2.37. The first-order chi connectivity index (χ1) is 24.2. The van der Waals surface area contributed by atoms with Crippen LogP contribution in [0, 0.1) is 0 Å². The van der Waals surface area contributed by atoms with Gasteiger partial charge in [0.15, 0.2) is 0 Å². The van der Waals surface area contributed by atoms with Gasteiger partial charge in [-0.25, -0.2) is 0 Å². The number of phenols is 2. The van der Waals surface area contributed by atoms with Crippen LogP contribution in [-0.2, 0) is 51.2 Å². The fourth-order valence-electron chi connectivity index (χ4n) is 4.81. The van der Waals surface area contributed by atoms with Crippen molar-refractivity contribution in [2.45, 2.75) is 90.6 Å². The zero-order valence-electron chi connectivity index (χ0n) is 29.7. The summed E-state index contributed by atoms with van der Waals surface area (Å²) in [5.41, 5.74) is 11.5. The summed E-state index contributed by atoms with van der Waals surface area (Å²) in [6.07, 6.45) is -0.222. The summed E-state index contributed by atoms with van der Waals surface area (Å²) in [5, 5.41) is 36.3. The van der Waals surface area contributed by atoms with E-state index in [0.29, 0.717) is 11.1 Å². The van der Waals surface area contributed by atoms with Crippen LogP contribution in [0.15, 0.2) is 36.4 Å². The maximum absolute atomic E-state index is 13.2. The van der Waals surface area contributed by atoms with Gasteiger partial charge in [0.2, 0.25) is 47.3 Å². The van der Waals surface area contributed by atoms with Crippen molar-refractivity contribution in [2.24, 2.45) is 11.5 Å². The molecule has 2 rings (SSSR count). The van der Waals surface area contributed by atoms with E-state index in [9.17, 15) is 48.6 Å². The molecule has 0 heterocycles. The van der Waals surface area contributed by atoms with E-state index in [1.165, 1.54) is 77.9 Å². The van der Waals surface area contributed by atoms with Gasteiger partial charge in [0.1, 0.15) is 47.8 Å². The van der Waals surface area contributed by atoms with E-state index in [2.05, 4.69) is 31.9 Å². The van der Waals surface area contributed by atoms with Crippen LogP contribution in [0.25, 0.3) is 11.1 Å². The Bertz CT molecular complexity index is 1590. The SMILES string of the molecule is CC(=O)N[C@@H](Cc1ccc(O)c(-c2cc(C[C@H](NC(C)=O)C(=O)N[C@@H](C)C(=O)N[C@@H](C)C(N)=O)ccc2O)c1)C(=O)N[C@@H](C)C(=O)N[C@@H](C)C(N)=O. The normalized spacial score (nSPS) is 14.2. The molecule has 6 atom stereocenters. The van der Waals surface area contributed by atoms with E-state index in [4.69, 9.17) is 11.5 Å². The van der Waals surface area contributed by atoms with Crippen LogP contribution in [0.1, 0.15) is 52.7 Å². The van der Waals surface area contributed by atoms with Crippen molar-refractivity contribution in [1.82, 2.24) is 31.9 Å². The highest BCUT2D eigenvalue weighted by atomic mass is 16.3. The molecule has 0 spiro atoms. The van der Waals surface area contributed by atoms with Crippen LogP contribution in [-0.4, -0.2) is 93.7 Å². The topological polar surface area (TPSA) is 301 Å². The van der Waals surface area contributed by atoms with Crippen molar-refractivity contribution in [2.75, 3.05) is 0 Å². The second kappa shape index (κ2) is 18.7. The predicted octanol–water partition coefficient (Wildman–Crippen LogP) is -2.15. The number of primary amides is 2. The molecule has 0 saturated carbocycles. The molecule has 8 amide bonds. The third-order valence-corrected chi connectivity index (χ3v) is 7.75. The molecule has 0 fully saturated rings. The summed E-state index contributed by atoms with van der Waals surface area (Å²) in [6.45, 7) is 7.92. The summed E-state index contributed by atoms with van der Waals surface area (Å²) in [5.74, 6) is -5.96. The van der Waals surface area contributed by atoms with E-state index in [-0.39, 0.29) is 35.5 Å². The number of carbonyl (C=O) groups excluding carboxylic acids is 8. The minimum absolute atomic E-state index is 0.111. The Morgan fingerprint density at radius 3 is 1.12 bits per heavy atom. The summed E-state index contributed by atoms with van der Waals surface area (Å²) in [4.78, 5) is 97.8. The fraction of sp³-hybridized carbons (Fsp3) is 0.412. The molecule has 0 bridgehead atoms. The third kappa shape index (κ3) is 12.6. The van der Waals surface area contributed by atoms with Gasteiger partial charge in [-0.3, -0.25) is 38.4 Å². The van der Waals surface area contributed by atoms with Crippen LogP contribution in [0.3, 0.4) is 0 Å². The first-order valence-corrected chi connectivity index (χ1v) is 16.2. The Labute approximate surface area is 299 Å². The minimum Gasteiger partial charge on any atom is -0.507 e. The number of aromatic hydroxyl groups is 2. The van der Waals surface area contributed by atoms with E-state index >= 15 is 0 Å². The van der Waals surface area contributed by atoms with Gasteiger partial charge >= 0.3 is 0 Å². The third-order valence-electron chi connectivity index (χ3n) is 7.75. The van der Waals surface area contributed by atoms with E-state index in [1.807, 2.05) is 0 Å². The Morgan fingerprint density at radius 1 is 0.519 bits per heavy atom. The number of rotatable bonds is 17. The number of carbonyl (C=O) groups is 8. The highest BCUT2D eigenvalue weighted by molar-refractivity contribution is 5.95. The summed E-state index contributed by atoms with van der Waals surface area (Å²) in [7, 11) is 0. The van der Waals surface area contributed by atoms with Crippen LogP contribution in [0.4, 0.5) is 0 Å². The molecule has 18 heteroatoms. The molecule has 0 aliphatic rings. The fourth-order valence-corrected chi connectivity index (χ4v) is 4.81. The molecule has 18 nitrogen and oxygen atoms in total. The van der Waals surface area contributed by atoms with Gasteiger partial charge in [0.25, 0.3) is 0 Å². The van der Waals surface area contributed by atoms with Crippen molar-refractivity contribution in [1.29, 1.82) is 0 Å². The maximum atomic E-state index is 13.2. The van der Waals surface area contributed by atoms with Crippen LogP contribution in [0.2, 0.25) is 0 Å². The molecule has 12 N–H and O–H groups in total. The predicted molar refractivity (Wildman–Crippen MR) is 187 cm³/mol. The number of amides is 8. The van der Waals surface area contributed by atoms with E-state index < -0.39 is 83.5 Å². The summed E-state index contributed by atoms with van der Waals surface area (Å²) in [6, 6.07) is 2.04. The standard InChI is InChI=1S/C34H46N8O10/c1-15(29(35)47)37-31(49)17(3)39-33(51)25(41-19(5)43)13-21-7-9-27(45)23(11-21)24-12-22(8-10-28(24)46)14-26(42-20(6)44)34(52)40-18(4)32(50)38-16(2)30(36)48/h7-12,15-18,25-26,45-46H,13-14H2,1-6H3,(H2,35,47)(H2,36,48)(H,37,49)(H,38,50)(H,39,51)(H,40,52)(H,41,43)(H,42,44)/t15-,16-,17-,18-,25-,26-/m0/s1.